The van der Waals surface area contributed by atoms with E-state index in [1.807, 2.05) is 0 Å². The van der Waals surface area contributed by atoms with Gasteiger partial charge in [-0.15, -0.1) is 0 Å². The molecule has 0 N–H and O–H groups in total. The van der Waals surface area contributed by atoms with Crippen molar-refractivity contribution < 1.29 is 18.0 Å². The Hall–Kier alpha value is -2.28. The van der Waals surface area contributed by atoms with Gasteiger partial charge in [0, 0.05) is 24.7 Å². The smallest absolute Gasteiger partial charge is 0.283 e. The Bertz CT molecular complexity index is 861. The molecule has 1 heterocycles. The summed E-state index contributed by atoms with van der Waals surface area (Å²) < 4.78 is 41.3. The summed E-state index contributed by atoms with van der Waals surface area (Å²) in [4.78, 5) is 14.2. The number of hydrogen-bond donors (Lipinski definition) is 0. The molecule has 1 aromatic carbocycles. The topological polar surface area (TPSA) is 38.1 Å². The predicted octanol–water partition coefficient (Wildman–Crippen LogP) is 4.47. The summed E-state index contributed by atoms with van der Waals surface area (Å²) in [5.74, 6) is -1.86. The summed E-state index contributed by atoms with van der Waals surface area (Å²) in [5.41, 5.74) is -0.186. The Labute approximate surface area is 153 Å². The number of carbonyl (C=O) groups excluding carboxylic acids is 1. The third-order valence-electron chi connectivity index (χ3n) is 4.27. The van der Waals surface area contributed by atoms with Crippen molar-refractivity contribution in [1.29, 1.82) is 0 Å². The first-order valence-electron chi connectivity index (χ1n) is 8.04. The van der Waals surface area contributed by atoms with Gasteiger partial charge in [0.1, 0.15) is 11.3 Å². The molecule has 1 saturated carbocycles. The van der Waals surface area contributed by atoms with Crippen molar-refractivity contribution in [2.75, 3.05) is 6.54 Å². The Morgan fingerprint density at radius 2 is 2.15 bits per heavy atom. The molecule has 26 heavy (non-hydrogen) atoms. The van der Waals surface area contributed by atoms with Gasteiger partial charge in [-0.2, -0.15) is 9.49 Å². The normalized spacial score (nSPS) is 13.9. The van der Waals surface area contributed by atoms with E-state index < -0.39 is 29.5 Å². The summed E-state index contributed by atoms with van der Waals surface area (Å²) in [6.07, 6.45) is -1.57. The van der Waals surface area contributed by atoms with Crippen LogP contribution >= 0.6 is 11.6 Å². The van der Waals surface area contributed by atoms with Crippen LogP contribution in [0, 0.1) is 5.95 Å². The van der Waals surface area contributed by atoms with E-state index >= 15 is 0 Å². The van der Waals surface area contributed by atoms with Gasteiger partial charge in [0.2, 0.25) is 5.95 Å². The summed E-state index contributed by atoms with van der Waals surface area (Å²) in [7, 11) is 1.18. The molecule has 1 aromatic heterocycles. The van der Waals surface area contributed by atoms with Crippen molar-refractivity contribution >= 4 is 23.1 Å². The molecule has 138 valence electrons. The maximum atomic E-state index is 14.3. The van der Waals surface area contributed by atoms with Crippen LogP contribution in [0.4, 0.5) is 13.2 Å². The van der Waals surface area contributed by atoms with Crippen LogP contribution in [0.2, 0.25) is 5.02 Å². The van der Waals surface area contributed by atoms with E-state index in [0.29, 0.717) is 15.3 Å². The summed E-state index contributed by atoms with van der Waals surface area (Å²) in [6.45, 7) is 4.06. The van der Waals surface area contributed by atoms with E-state index in [1.165, 1.54) is 11.9 Å². The molecular formula is C18H17ClF3N3O. The number of carbonyl (C=O) groups is 1. The van der Waals surface area contributed by atoms with E-state index in [0.717, 1.165) is 18.4 Å². The zero-order valence-electron chi connectivity index (χ0n) is 14.1. The van der Waals surface area contributed by atoms with Crippen molar-refractivity contribution in [3.05, 3.63) is 58.6 Å². The second-order valence-electron chi connectivity index (χ2n) is 6.25. The molecule has 0 atom stereocenters. The summed E-state index contributed by atoms with van der Waals surface area (Å²) in [6, 6.07) is 6.83. The number of aromatic nitrogens is 2. The van der Waals surface area contributed by atoms with Gasteiger partial charge in [0.25, 0.3) is 12.3 Å². The standard InChI is InChI=1S/C18H17ClF3N3O/c1-10(11-4-3-5-12(19)8-11)9-25(13-6-7-13)18(26)14-15(16(20)21)23-24(2)17(14)22/h3-5,8,13,16H,1,6-7,9H2,2H3. The minimum atomic E-state index is -3.04. The molecule has 1 amide bonds. The van der Waals surface area contributed by atoms with Crippen molar-refractivity contribution in [2.45, 2.75) is 25.3 Å². The lowest BCUT2D eigenvalue weighted by atomic mass is 10.1. The Kier molecular flexibility index (Phi) is 5.09. The molecule has 4 nitrogen and oxygen atoms in total. The minimum absolute atomic E-state index is 0.0981. The third kappa shape index (κ3) is 3.62. The second kappa shape index (κ2) is 7.15. The first-order valence-corrected chi connectivity index (χ1v) is 8.42. The number of hydrogen-bond acceptors (Lipinski definition) is 2. The number of aryl methyl sites for hydroxylation is 1. The second-order valence-corrected chi connectivity index (χ2v) is 6.69. The average molecular weight is 384 g/mol. The maximum Gasteiger partial charge on any atom is 0.283 e. The van der Waals surface area contributed by atoms with Crippen molar-refractivity contribution in [2.24, 2.45) is 7.05 Å². The fourth-order valence-corrected chi connectivity index (χ4v) is 2.97. The molecule has 1 fully saturated rings. The molecule has 0 saturated heterocycles. The first kappa shape index (κ1) is 18.5. The van der Waals surface area contributed by atoms with E-state index in [2.05, 4.69) is 11.7 Å². The highest BCUT2D eigenvalue weighted by Crippen LogP contribution is 2.33. The number of halogens is 4. The molecule has 1 aliphatic rings. The number of rotatable bonds is 6. The van der Waals surface area contributed by atoms with Gasteiger partial charge in [-0.3, -0.25) is 4.79 Å². The van der Waals surface area contributed by atoms with Crippen LogP contribution in [0.15, 0.2) is 30.8 Å². The van der Waals surface area contributed by atoms with Crippen molar-refractivity contribution in [1.82, 2.24) is 14.7 Å². The molecule has 0 bridgehead atoms. The summed E-state index contributed by atoms with van der Waals surface area (Å²) >= 11 is 5.97. The van der Waals surface area contributed by atoms with Crippen LogP contribution in [0.25, 0.3) is 5.57 Å². The van der Waals surface area contributed by atoms with E-state index in [1.54, 1.807) is 24.3 Å². The highest BCUT2D eigenvalue weighted by molar-refractivity contribution is 6.30. The van der Waals surface area contributed by atoms with Crippen LogP contribution < -0.4 is 0 Å². The van der Waals surface area contributed by atoms with Crippen LogP contribution in [0.3, 0.4) is 0 Å². The zero-order valence-corrected chi connectivity index (χ0v) is 14.8. The fourth-order valence-electron chi connectivity index (χ4n) is 2.78. The molecule has 8 heteroatoms. The Balaban J connectivity index is 1.89. The molecule has 1 aliphatic carbocycles. The third-order valence-corrected chi connectivity index (χ3v) is 4.50. The number of nitrogens with zero attached hydrogens (tertiary/aromatic N) is 3. The zero-order chi connectivity index (χ0) is 19.0. The highest BCUT2D eigenvalue weighted by Gasteiger charge is 2.38. The lowest BCUT2D eigenvalue weighted by Gasteiger charge is -2.24. The number of amides is 1. The molecular weight excluding hydrogens is 367 g/mol. The maximum absolute atomic E-state index is 14.3. The molecule has 0 aliphatic heterocycles. The Morgan fingerprint density at radius 3 is 2.73 bits per heavy atom. The highest BCUT2D eigenvalue weighted by atomic mass is 35.5. The van der Waals surface area contributed by atoms with Crippen molar-refractivity contribution in [3.8, 4) is 0 Å². The van der Waals surface area contributed by atoms with Gasteiger partial charge in [-0.1, -0.05) is 30.3 Å². The van der Waals surface area contributed by atoms with Crippen LogP contribution in [-0.2, 0) is 7.05 Å². The van der Waals surface area contributed by atoms with Crippen LogP contribution in [-0.4, -0.2) is 33.2 Å². The van der Waals surface area contributed by atoms with Gasteiger partial charge in [-0.25, -0.2) is 13.5 Å². The van der Waals surface area contributed by atoms with Gasteiger partial charge in [0.15, 0.2) is 0 Å². The van der Waals surface area contributed by atoms with E-state index in [9.17, 15) is 18.0 Å². The van der Waals surface area contributed by atoms with E-state index in [-0.39, 0.29) is 12.6 Å². The van der Waals surface area contributed by atoms with Gasteiger partial charge >= 0.3 is 0 Å². The first-order chi connectivity index (χ1) is 12.3. The molecule has 0 unspecified atom stereocenters. The molecule has 0 radical (unpaired) electrons. The van der Waals surface area contributed by atoms with E-state index in [4.69, 9.17) is 11.6 Å². The molecule has 2 aromatic rings. The Morgan fingerprint density at radius 1 is 1.46 bits per heavy atom. The summed E-state index contributed by atoms with van der Waals surface area (Å²) in [5, 5.41) is 3.97. The van der Waals surface area contributed by atoms with Crippen molar-refractivity contribution in [3.63, 3.8) is 0 Å². The van der Waals surface area contributed by atoms with Gasteiger partial charge in [-0.05, 0) is 36.1 Å². The quantitative estimate of drug-likeness (QED) is 0.738. The SMILES string of the molecule is C=C(CN(C(=O)c1c(C(F)F)nn(C)c1F)C1CC1)c1cccc(Cl)c1. The lowest BCUT2D eigenvalue weighted by Crippen LogP contribution is -2.35. The molecule has 0 spiro atoms. The van der Waals surface area contributed by atoms with Gasteiger partial charge in [0.05, 0.1) is 0 Å². The molecule has 3 rings (SSSR count). The average Bonchev–Trinajstić information content (AvgIpc) is 3.38. The fraction of sp³-hybridized carbons (Fsp3) is 0.333. The lowest BCUT2D eigenvalue weighted by molar-refractivity contribution is 0.0747. The van der Waals surface area contributed by atoms with Crippen LogP contribution in [0.1, 0.15) is 40.9 Å². The predicted molar refractivity (Wildman–Crippen MR) is 92.7 cm³/mol. The van der Waals surface area contributed by atoms with Crippen LogP contribution in [0.5, 0.6) is 0 Å². The number of benzene rings is 1. The monoisotopic (exact) mass is 383 g/mol. The minimum Gasteiger partial charge on any atom is -0.331 e. The largest absolute Gasteiger partial charge is 0.331 e. The van der Waals surface area contributed by atoms with Gasteiger partial charge < -0.3 is 4.90 Å². The number of alkyl halides is 2.